The van der Waals surface area contributed by atoms with Gasteiger partial charge in [0.1, 0.15) is 5.75 Å². The Morgan fingerprint density at radius 3 is 2.77 bits per heavy atom. The number of aryl methyl sites for hydroxylation is 1. The van der Waals surface area contributed by atoms with Gasteiger partial charge in [-0.25, -0.2) is 0 Å². The third kappa shape index (κ3) is 4.76. The number of rotatable bonds is 6. The average molecular weight is 421 g/mol. The average Bonchev–Trinajstić information content (AvgIpc) is 2.79. The lowest BCUT2D eigenvalue weighted by atomic mass is 9.97. The number of nitrogens with zero attached hydrogens (tertiary/aromatic N) is 2. The molecule has 0 aliphatic carbocycles. The molecule has 2 aliphatic heterocycles. The molecule has 2 aliphatic rings. The molecule has 0 saturated carbocycles. The number of carbonyl (C=O) groups is 2. The van der Waals surface area contributed by atoms with Crippen LogP contribution < -0.4 is 4.74 Å². The molecule has 0 N–H and O–H groups in total. The Morgan fingerprint density at radius 2 is 1.97 bits per heavy atom. The Bertz CT molecular complexity index is 955. The van der Waals surface area contributed by atoms with E-state index in [0.717, 1.165) is 43.4 Å². The van der Waals surface area contributed by atoms with Crippen molar-refractivity contribution in [1.82, 2.24) is 9.80 Å². The first-order valence-corrected chi connectivity index (χ1v) is 11.5. The summed E-state index contributed by atoms with van der Waals surface area (Å²) in [7, 11) is 0. The Hall–Kier alpha value is -2.82. The molecular weight excluding hydrogens is 388 g/mol. The van der Waals surface area contributed by atoms with Crippen LogP contribution in [0.15, 0.2) is 42.5 Å². The Balaban J connectivity index is 1.44. The summed E-state index contributed by atoms with van der Waals surface area (Å²) in [5, 5.41) is 0. The minimum Gasteiger partial charge on any atom is -0.483 e. The molecule has 5 nitrogen and oxygen atoms in total. The van der Waals surface area contributed by atoms with Crippen LogP contribution >= 0.6 is 0 Å². The van der Waals surface area contributed by atoms with Crippen molar-refractivity contribution in [1.29, 1.82) is 0 Å². The van der Waals surface area contributed by atoms with Crippen molar-refractivity contribution in [3.8, 4) is 5.75 Å². The molecule has 31 heavy (non-hydrogen) atoms. The van der Waals surface area contributed by atoms with Crippen molar-refractivity contribution < 1.29 is 14.3 Å². The fourth-order valence-corrected chi connectivity index (χ4v) is 4.84. The summed E-state index contributed by atoms with van der Waals surface area (Å²) >= 11 is 0. The Morgan fingerprint density at radius 1 is 1.13 bits per heavy atom. The third-order valence-corrected chi connectivity index (χ3v) is 6.51. The quantitative estimate of drug-likeness (QED) is 0.698. The molecule has 2 amide bonds. The zero-order chi connectivity index (χ0) is 21.8. The van der Waals surface area contributed by atoms with Crippen LogP contribution in [0.2, 0.25) is 0 Å². The lowest BCUT2D eigenvalue weighted by Crippen LogP contribution is -2.45. The number of likely N-dealkylation sites (tertiary alicyclic amines) is 1. The van der Waals surface area contributed by atoms with Crippen molar-refractivity contribution in [2.45, 2.75) is 58.5 Å². The van der Waals surface area contributed by atoms with Crippen LogP contribution in [0.5, 0.6) is 5.75 Å². The van der Waals surface area contributed by atoms with E-state index in [-0.39, 0.29) is 18.4 Å². The zero-order valence-electron chi connectivity index (χ0n) is 18.6. The molecule has 5 heteroatoms. The summed E-state index contributed by atoms with van der Waals surface area (Å²) in [6.45, 7) is 6.32. The normalized spacial score (nSPS) is 18.6. The SMILES string of the molecule is CC[C@@H]1CCCCN1C(=O)COc1cccc2c1CCN(Cc1cccc(C)c1)C2=O. The summed E-state index contributed by atoms with van der Waals surface area (Å²) in [5.74, 6) is 0.744. The molecule has 1 atom stereocenters. The highest BCUT2D eigenvalue weighted by atomic mass is 16.5. The van der Waals surface area contributed by atoms with E-state index in [0.29, 0.717) is 30.4 Å². The fourth-order valence-electron chi connectivity index (χ4n) is 4.84. The highest BCUT2D eigenvalue weighted by Gasteiger charge is 2.28. The van der Waals surface area contributed by atoms with Gasteiger partial charge in [-0.05, 0) is 56.7 Å². The van der Waals surface area contributed by atoms with Crippen LogP contribution in [-0.2, 0) is 17.8 Å². The minimum atomic E-state index is 0.0293. The van der Waals surface area contributed by atoms with Crippen molar-refractivity contribution in [3.05, 3.63) is 64.7 Å². The van der Waals surface area contributed by atoms with Gasteiger partial charge in [-0.3, -0.25) is 9.59 Å². The van der Waals surface area contributed by atoms with Crippen LogP contribution in [0.3, 0.4) is 0 Å². The van der Waals surface area contributed by atoms with E-state index in [1.54, 1.807) is 0 Å². The molecule has 1 saturated heterocycles. The lowest BCUT2D eigenvalue weighted by Gasteiger charge is -2.35. The van der Waals surface area contributed by atoms with Gasteiger partial charge in [0.25, 0.3) is 11.8 Å². The summed E-state index contributed by atoms with van der Waals surface area (Å²) in [6, 6.07) is 14.2. The molecule has 0 spiro atoms. The van der Waals surface area contributed by atoms with E-state index in [1.165, 1.54) is 12.0 Å². The number of carbonyl (C=O) groups excluding carboxylic acids is 2. The van der Waals surface area contributed by atoms with Crippen LogP contribution in [0.25, 0.3) is 0 Å². The van der Waals surface area contributed by atoms with Gasteiger partial charge in [0, 0.05) is 36.8 Å². The second-order valence-electron chi connectivity index (χ2n) is 8.68. The first kappa shape index (κ1) is 21.4. The highest BCUT2D eigenvalue weighted by molar-refractivity contribution is 5.97. The van der Waals surface area contributed by atoms with E-state index in [4.69, 9.17) is 4.74 Å². The molecule has 2 aromatic carbocycles. The largest absolute Gasteiger partial charge is 0.483 e. The molecule has 2 aromatic rings. The number of hydrogen-bond acceptors (Lipinski definition) is 3. The van der Waals surface area contributed by atoms with Gasteiger partial charge < -0.3 is 14.5 Å². The minimum absolute atomic E-state index is 0.0293. The van der Waals surface area contributed by atoms with Gasteiger partial charge in [-0.15, -0.1) is 0 Å². The number of piperidine rings is 1. The molecule has 0 radical (unpaired) electrons. The maximum Gasteiger partial charge on any atom is 0.260 e. The summed E-state index contributed by atoms with van der Waals surface area (Å²) < 4.78 is 5.97. The van der Waals surface area contributed by atoms with Gasteiger partial charge in [-0.2, -0.15) is 0 Å². The number of amides is 2. The molecular formula is C26H32N2O3. The second-order valence-corrected chi connectivity index (χ2v) is 8.68. The monoisotopic (exact) mass is 420 g/mol. The van der Waals surface area contributed by atoms with Crippen LogP contribution in [0.1, 0.15) is 59.7 Å². The Kier molecular flexibility index (Phi) is 6.59. The van der Waals surface area contributed by atoms with E-state index >= 15 is 0 Å². The van der Waals surface area contributed by atoms with Crippen molar-refractivity contribution in [3.63, 3.8) is 0 Å². The van der Waals surface area contributed by atoms with Crippen LogP contribution in [-0.4, -0.2) is 47.4 Å². The van der Waals surface area contributed by atoms with Crippen molar-refractivity contribution in [2.75, 3.05) is 19.7 Å². The van der Waals surface area contributed by atoms with E-state index in [9.17, 15) is 9.59 Å². The van der Waals surface area contributed by atoms with Gasteiger partial charge in [0.2, 0.25) is 0 Å². The van der Waals surface area contributed by atoms with Gasteiger partial charge in [0.05, 0.1) is 0 Å². The van der Waals surface area contributed by atoms with Crippen molar-refractivity contribution >= 4 is 11.8 Å². The first-order valence-electron chi connectivity index (χ1n) is 11.5. The van der Waals surface area contributed by atoms with Crippen LogP contribution in [0.4, 0.5) is 0 Å². The molecule has 164 valence electrons. The molecule has 0 unspecified atom stereocenters. The number of ether oxygens (including phenoxy) is 1. The predicted molar refractivity (Wildman–Crippen MR) is 121 cm³/mol. The molecule has 0 bridgehead atoms. The molecule has 0 aromatic heterocycles. The second kappa shape index (κ2) is 9.54. The zero-order valence-corrected chi connectivity index (χ0v) is 18.6. The Labute approximate surface area is 185 Å². The van der Waals surface area contributed by atoms with Gasteiger partial charge >= 0.3 is 0 Å². The van der Waals surface area contributed by atoms with Crippen molar-refractivity contribution in [2.24, 2.45) is 0 Å². The molecule has 1 fully saturated rings. The third-order valence-electron chi connectivity index (χ3n) is 6.51. The van der Waals surface area contributed by atoms with Gasteiger partial charge in [0.15, 0.2) is 6.61 Å². The maximum absolute atomic E-state index is 13.1. The van der Waals surface area contributed by atoms with Gasteiger partial charge in [-0.1, -0.05) is 42.8 Å². The van der Waals surface area contributed by atoms with E-state index < -0.39 is 0 Å². The number of benzene rings is 2. The molecule has 4 rings (SSSR count). The summed E-state index contributed by atoms with van der Waals surface area (Å²) in [5.41, 5.74) is 3.95. The smallest absolute Gasteiger partial charge is 0.260 e. The fraction of sp³-hybridized carbons (Fsp3) is 0.462. The topological polar surface area (TPSA) is 49.9 Å². The van der Waals surface area contributed by atoms with E-state index in [2.05, 4.69) is 32.0 Å². The maximum atomic E-state index is 13.1. The number of hydrogen-bond donors (Lipinski definition) is 0. The predicted octanol–water partition coefficient (Wildman–Crippen LogP) is 4.36. The summed E-state index contributed by atoms with van der Waals surface area (Å²) in [4.78, 5) is 29.8. The lowest BCUT2D eigenvalue weighted by molar-refractivity contribution is -0.137. The highest BCUT2D eigenvalue weighted by Crippen LogP contribution is 2.29. The van der Waals surface area contributed by atoms with E-state index in [1.807, 2.05) is 34.1 Å². The standard InChI is InChI=1S/C26H32N2O3/c1-3-21-10-4-5-14-28(21)25(29)18-31-24-12-7-11-23-22(24)13-15-27(26(23)30)17-20-9-6-8-19(2)16-20/h6-9,11-12,16,21H,3-5,10,13-15,17-18H2,1-2H3/t21-/m1/s1. The number of fused-ring (bicyclic) bond motifs is 1. The molecule has 2 heterocycles. The first-order chi connectivity index (χ1) is 15.1. The summed E-state index contributed by atoms with van der Waals surface area (Å²) in [6.07, 6.45) is 5.05. The van der Waals surface area contributed by atoms with Crippen LogP contribution in [0, 0.1) is 6.92 Å².